The van der Waals surface area contributed by atoms with Crippen molar-refractivity contribution in [1.29, 1.82) is 0 Å². The Bertz CT molecular complexity index is 922. The van der Waals surface area contributed by atoms with E-state index in [1.165, 1.54) is 19.2 Å². The van der Waals surface area contributed by atoms with E-state index in [4.69, 9.17) is 9.47 Å². The van der Waals surface area contributed by atoms with Crippen LogP contribution in [-0.2, 0) is 19.5 Å². The zero-order valence-corrected chi connectivity index (χ0v) is 19.5. The van der Waals surface area contributed by atoms with Gasteiger partial charge in [0, 0.05) is 31.3 Å². The van der Waals surface area contributed by atoms with E-state index in [-0.39, 0.29) is 35.6 Å². The number of hydrogen-bond acceptors (Lipinski definition) is 5. The van der Waals surface area contributed by atoms with Gasteiger partial charge in [0.25, 0.3) is 5.91 Å². The molecule has 0 spiro atoms. The lowest BCUT2D eigenvalue weighted by molar-refractivity contribution is 0.0635. The largest absolute Gasteiger partial charge is 0.383 e. The van der Waals surface area contributed by atoms with Gasteiger partial charge in [0.1, 0.15) is 0 Å². The van der Waals surface area contributed by atoms with E-state index in [2.05, 4.69) is 26.0 Å². The molecule has 0 aliphatic heterocycles. The summed E-state index contributed by atoms with van der Waals surface area (Å²) in [6, 6.07) is 14.2. The molecule has 2 N–H and O–H groups in total. The third kappa shape index (κ3) is 7.48. The third-order valence-electron chi connectivity index (χ3n) is 4.33. The number of sulfonamides is 1. The third-order valence-corrected chi connectivity index (χ3v) is 6.48. The van der Waals surface area contributed by atoms with Crippen molar-refractivity contribution < 1.29 is 22.7 Å². The number of methoxy groups -OCH3 is 1. The Kier molecular flexibility index (Phi) is 9.93. The molecule has 0 radical (unpaired) electrons. The Labute approximate surface area is 186 Å². The minimum Gasteiger partial charge on any atom is -0.383 e. The number of nitrogens with one attached hydrogen (secondary N) is 2. The van der Waals surface area contributed by atoms with Crippen LogP contribution in [0.5, 0.6) is 0 Å². The minimum atomic E-state index is -3.72. The molecule has 1 atom stereocenters. The van der Waals surface area contributed by atoms with Gasteiger partial charge in [-0.15, -0.1) is 0 Å². The highest BCUT2D eigenvalue weighted by molar-refractivity contribution is 9.10. The first-order valence-corrected chi connectivity index (χ1v) is 11.9. The Morgan fingerprint density at radius 3 is 2.53 bits per heavy atom. The molecule has 7 nitrogen and oxygen atoms in total. The molecule has 0 saturated heterocycles. The fourth-order valence-electron chi connectivity index (χ4n) is 2.66. The molecule has 2 aromatic rings. The van der Waals surface area contributed by atoms with Crippen LogP contribution >= 0.6 is 15.9 Å². The SMILES string of the molecule is COCCNS(=O)(=O)c1ccc(Br)c(C(=O)NCCCOC(C)c2ccccc2)c1. The topological polar surface area (TPSA) is 93.7 Å². The second kappa shape index (κ2) is 12.2. The average molecular weight is 499 g/mol. The standard InChI is InChI=1S/C21H27BrN2O5S/c1-16(17-7-4-3-5-8-17)29-13-6-11-23-21(25)19-15-18(9-10-20(19)22)30(26,27)24-12-14-28-2/h3-5,7-10,15-16,24H,6,11-14H2,1-2H3,(H,23,25). The maximum Gasteiger partial charge on any atom is 0.252 e. The van der Waals surface area contributed by atoms with Crippen LogP contribution < -0.4 is 10.0 Å². The van der Waals surface area contributed by atoms with Gasteiger partial charge in [0.15, 0.2) is 0 Å². The van der Waals surface area contributed by atoms with Crippen molar-refractivity contribution >= 4 is 31.9 Å². The van der Waals surface area contributed by atoms with Crippen LogP contribution in [0.2, 0.25) is 0 Å². The van der Waals surface area contributed by atoms with Gasteiger partial charge in [-0.1, -0.05) is 30.3 Å². The van der Waals surface area contributed by atoms with Crippen molar-refractivity contribution in [3.8, 4) is 0 Å². The summed E-state index contributed by atoms with van der Waals surface area (Å²) in [5.41, 5.74) is 1.35. The van der Waals surface area contributed by atoms with Crippen LogP contribution in [0.15, 0.2) is 57.9 Å². The quantitative estimate of drug-likeness (QED) is 0.438. The molecule has 30 heavy (non-hydrogen) atoms. The number of halogens is 1. The predicted molar refractivity (Wildman–Crippen MR) is 119 cm³/mol. The van der Waals surface area contributed by atoms with E-state index in [9.17, 15) is 13.2 Å². The first-order valence-electron chi connectivity index (χ1n) is 9.58. The van der Waals surface area contributed by atoms with Crippen molar-refractivity contribution in [3.05, 3.63) is 64.1 Å². The van der Waals surface area contributed by atoms with Gasteiger partial charge < -0.3 is 14.8 Å². The van der Waals surface area contributed by atoms with Crippen LogP contribution in [-0.4, -0.2) is 47.7 Å². The first kappa shape index (κ1) is 24.5. The zero-order valence-electron chi connectivity index (χ0n) is 17.1. The number of carbonyl (C=O) groups is 1. The molecule has 0 aliphatic rings. The molecule has 0 aromatic heterocycles. The van der Waals surface area contributed by atoms with Crippen LogP contribution in [0.1, 0.15) is 35.4 Å². The van der Waals surface area contributed by atoms with E-state index in [0.717, 1.165) is 5.56 Å². The fraction of sp³-hybridized carbons (Fsp3) is 0.381. The summed E-state index contributed by atoms with van der Waals surface area (Å²) in [5.74, 6) is -0.355. The Morgan fingerprint density at radius 1 is 1.10 bits per heavy atom. The van der Waals surface area contributed by atoms with E-state index < -0.39 is 10.0 Å². The van der Waals surface area contributed by atoms with Crippen LogP contribution in [0.3, 0.4) is 0 Å². The minimum absolute atomic E-state index is 0.0203. The van der Waals surface area contributed by atoms with Gasteiger partial charge in [-0.2, -0.15) is 0 Å². The van der Waals surface area contributed by atoms with Crippen LogP contribution in [0.4, 0.5) is 0 Å². The second-order valence-corrected chi connectivity index (χ2v) is 9.19. The van der Waals surface area contributed by atoms with E-state index in [1.54, 1.807) is 6.07 Å². The monoisotopic (exact) mass is 498 g/mol. The number of carbonyl (C=O) groups excluding carboxylic acids is 1. The van der Waals surface area contributed by atoms with Gasteiger partial charge in [-0.05, 0) is 53.0 Å². The van der Waals surface area contributed by atoms with Gasteiger partial charge >= 0.3 is 0 Å². The maximum absolute atomic E-state index is 12.5. The molecule has 0 heterocycles. The van der Waals surface area contributed by atoms with Gasteiger partial charge in [-0.25, -0.2) is 13.1 Å². The van der Waals surface area contributed by atoms with E-state index >= 15 is 0 Å². The lowest BCUT2D eigenvalue weighted by Gasteiger charge is -2.14. The van der Waals surface area contributed by atoms with Gasteiger partial charge in [0.2, 0.25) is 10.0 Å². The number of hydrogen-bond donors (Lipinski definition) is 2. The number of ether oxygens (including phenoxy) is 2. The highest BCUT2D eigenvalue weighted by Crippen LogP contribution is 2.21. The Balaban J connectivity index is 1.86. The highest BCUT2D eigenvalue weighted by Gasteiger charge is 2.18. The molecule has 0 aliphatic carbocycles. The first-order chi connectivity index (χ1) is 14.3. The Morgan fingerprint density at radius 2 is 1.83 bits per heavy atom. The summed E-state index contributed by atoms with van der Waals surface area (Å²) >= 11 is 3.31. The molecule has 1 amide bonds. The molecular formula is C21H27BrN2O5S. The van der Waals surface area contributed by atoms with Crippen molar-refractivity contribution in [2.24, 2.45) is 0 Å². The lowest BCUT2D eigenvalue weighted by atomic mass is 10.1. The molecule has 9 heteroatoms. The smallest absolute Gasteiger partial charge is 0.252 e. The summed E-state index contributed by atoms with van der Waals surface area (Å²) in [7, 11) is -2.23. The number of benzene rings is 2. The van der Waals surface area contributed by atoms with Crippen molar-refractivity contribution in [3.63, 3.8) is 0 Å². The summed E-state index contributed by atoms with van der Waals surface area (Å²) in [6.45, 7) is 3.30. The molecule has 2 rings (SSSR count). The van der Waals surface area contributed by atoms with Gasteiger partial charge in [0.05, 0.1) is 23.2 Å². The molecule has 0 fully saturated rings. The molecule has 1 unspecified atom stereocenters. The molecule has 0 saturated carbocycles. The van der Waals surface area contributed by atoms with Gasteiger partial charge in [-0.3, -0.25) is 4.79 Å². The molecule has 164 valence electrons. The summed E-state index contributed by atoms with van der Waals surface area (Å²) in [4.78, 5) is 12.5. The second-order valence-electron chi connectivity index (χ2n) is 6.57. The van der Waals surface area contributed by atoms with Crippen LogP contribution in [0, 0.1) is 0 Å². The molecule has 0 bridgehead atoms. The lowest BCUT2D eigenvalue weighted by Crippen LogP contribution is -2.28. The van der Waals surface area contributed by atoms with E-state index in [1.807, 2.05) is 37.3 Å². The van der Waals surface area contributed by atoms with Crippen molar-refractivity contribution in [2.75, 3.05) is 33.4 Å². The van der Waals surface area contributed by atoms with Crippen molar-refractivity contribution in [2.45, 2.75) is 24.3 Å². The Hall–Kier alpha value is -1.78. The van der Waals surface area contributed by atoms with E-state index in [0.29, 0.717) is 24.0 Å². The summed E-state index contributed by atoms with van der Waals surface area (Å²) in [5, 5.41) is 2.80. The van der Waals surface area contributed by atoms with Crippen molar-refractivity contribution in [1.82, 2.24) is 10.0 Å². The molecular weight excluding hydrogens is 472 g/mol. The van der Waals surface area contributed by atoms with Crippen LogP contribution in [0.25, 0.3) is 0 Å². The summed E-state index contributed by atoms with van der Waals surface area (Å²) in [6.07, 6.45) is 0.612. The summed E-state index contributed by atoms with van der Waals surface area (Å²) < 4.78 is 38.3. The average Bonchev–Trinajstić information content (AvgIpc) is 2.74. The number of amides is 1. The highest BCUT2D eigenvalue weighted by atomic mass is 79.9. The maximum atomic E-state index is 12.5. The number of rotatable bonds is 12. The molecule has 2 aromatic carbocycles. The zero-order chi connectivity index (χ0) is 22.0. The fourth-order valence-corrected chi connectivity index (χ4v) is 4.12. The predicted octanol–water partition coefficient (Wildman–Crippen LogP) is 3.27. The normalized spacial score (nSPS) is 12.5.